The molecule has 0 aromatic rings. The molecular weight excluding hydrogens is 264 g/mol. The van der Waals surface area contributed by atoms with Gasteiger partial charge < -0.3 is 18.0 Å². The van der Waals surface area contributed by atoms with Crippen molar-refractivity contribution in [2.45, 2.75) is 40.2 Å². The van der Waals surface area contributed by atoms with E-state index in [0.29, 0.717) is 44.5 Å². The van der Waals surface area contributed by atoms with Crippen molar-refractivity contribution in [2.24, 2.45) is 0 Å². The standard InChI is InChI=1S/C13H26O5Si/c1-6-16-19(17-7-2,18-8-3)11-9-10-15-13(14)12(4)5/h4,6-11H2,1-3,5H3. The summed E-state index contributed by atoms with van der Waals surface area (Å²) in [5.74, 6) is -0.364. The van der Waals surface area contributed by atoms with Crippen LogP contribution in [0.4, 0.5) is 0 Å². The highest BCUT2D eigenvalue weighted by Crippen LogP contribution is 2.18. The Kier molecular flexibility index (Phi) is 9.77. The van der Waals surface area contributed by atoms with Crippen LogP contribution < -0.4 is 0 Å². The molecule has 0 aromatic carbocycles. The Morgan fingerprint density at radius 3 is 1.89 bits per heavy atom. The second-order valence-corrected chi connectivity index (χ2v) is 6.73. The highest BCUT2D eigenvalue weighted by atomic mass is 28.4. The molecule has 0 atom stereocenters. The fraction of sp³-hybridized carbons (Fsp3) is 0.769. The van der Waals surface area contributed by atoms with Gasteiger partial charge in [-0.05, 0) is 34.1 Å². The Labute approximate surface area is 117 Å². The lowest BCUT2D eigenvalue weighted by Crippen LogP contribution is -2.46. The van der Waals surface area contributed by atoms with Crippen LogP contribution in [0.1, 0.15) is 34.1 Å². The van der Waals surface area contributed by atoms with Crippen molar-refractivity contribution in [2.75, 3.05) is 26.4 Å². The summed E-state index contributed by atoms with van der Waals surface area (Å²) in [6.45, 7) is 12.9. The van der Waals surface area contributed by atoms with E-state index in [2.05, 4.69) is 6.58 Å². The lowest BCUT2D eigenvalue weighted by Gasteiger charge is -2.28. The zero-order valence-electron chi connectivity index (χ0n) is 12.5. The summed E-state index contributed by atoms with van der Waals surface area (Å²) in [4.78, 5) is 11.2. The number of carbonyl (C=O) groups excluding carboxylic acids is 1. The fourth-order valence-corrected chi connectivity index (χ4v) is 4.16. The van der Waals surface area contributed by atoms with Crippen LogP contribution in [0.15, 0.2) is 12.2 Å². The molecule has 0 rings (SSSR count). The normalized spacial score (nSPS) is 11.4. The van der Waals surface area contributed by atoms with E-state index in [1.165, 1.54) is 0 Å². The first kappa shape index (κ1) is 18.3. The Morgan fingerprint density at radius 2 is 1.53 bits per heavy atom. The highest BCUT2D eigenvalue weighted by molar-refractivity contribution is 6.60. The van der Waals surface area contributed by atoms with Crippen LogP contribution >= 0.6 is 0 Å². The fourth-order valence-electron chi connectivity index (χ4n) is 1.58. The molecule has 0 aliphatic carbocycles. The monoisotopic (exact) mass is 290 g/mol. The largest absolute Gasteiger partial charge is 0.501 e. The Hall–Kier alpha value is -0.693. The second kappa shape index (κ2) is 10.1. The summed E-state index contributed by atoms with van der Waals surface area (Å²) >= 11 is 0. The first-order valence-corrected chi connectivity index (χ1v) is 8.69. The average molecular weight is 290 g/mol. The molecule has 0 aromatic heterocycles. The molecule has 5 nitrogen and oxygen atoms in total. The van der Waals surface area contributed by atoms with Crippen LogP contribution in [0.5, 0.6) is 0 Å². The zero-order chi connectivity index (χ0) is 14.7. The number of hydrogen-bond donors (Lipinski definition) is 0. The predicted octanol–water partition coefficient (Wildman–Crippen LogP) is 2.54. The van der Waals surface area contributed by atoms with Gasteiger partial charge in [0, 0.05) is 31.4 Å². The van der Waals surface area contributed by atoms with Crippen LogP contribution in [0, 0.1) is 0 Å². The van der Waals surface area contributed by atoms with Crippen molar-refractivity contribution in [3.05, 3.63) is 12.2 Å². The third kappa shape index (κ3) is 7.46. The first-order chi connectivity index (χ1) is 9.01. The van der Waals surface area contributed by atoms with Crippen LogP contribution in [-0.4, -0.2) is 41.2 Å². The molecule has 0 saturated heterocycles. The zero-order valence-corrected chi connectivity index (χ0v) is 13.5. The molecule has 0 saturated carbocycles. The lowest BCUT2D eigenvalue weighted by molar-refractivity contribution is -0.139. The number of hydrogen-bond acceptors (Lipinski definition) is 5. The molecule has 112 valence electrons. The van der Waals surface area contributed by atoms with Gasteiger partial charge >= 0.3 is 14.8 Å². The van der Waals surface area contributed by atoms with E-state index >= 15 is 0 Å². The van der Waals surface area contributed by atoms with Gasteiger partial charge in [-0.3, -0.25) is 0 Å². The summed E-state index contributed by atoms with van der Waals surface area (Å²) in [5, 5.41) is 0. The maximum absolute atomic E-state index is 11.2. The minimum atomic E-state index is -2.61. The smallest absolute Gasteiger partial charge is 0.462 e. The summed E-state index contributed by atoms with van der Waals surface area (Å²) in [5.41, 5.74) is 0.405. The van der Waals surface area contributed by atoms with E-state index in [1.54, 1.807) is 6.92 Å². The first-order valence-electron chi connectivity index (χ1n) is 6.75. The molecule has 0 N–H and O–H groups in total. The third-order valence-corrected chi connectivity index (χ3v) is 5.45. The summed E-state index contributed by atoms with van der Waals surface area (Å²) in [6.07, 6.45) is 0.658. The summed E-state index contributed by atoms with van der Waals surface area (Å²) in [7, 11) is -2.61. The maximum Gasteiger partial charge on any atom is 0.501 e. The highest BCUT2D eigenvalue weighted by Gasteiger charge is 2.39. The molecule has 0 fully saturated rings. The summed E-state index contributed by atoms with van der Waals surface area (Å²) < 4.78 is 22.2. The van der Waals surface area contributed by atoms with Crippen LogP contribution in [0.2, 0.25) is 6.04 Å². The Balaban J connectivity index is 4.24. The minimum absolute atomic E-state index is 0.327. The van der Waals surface area contributed by atoms with Gasteiger partial charge in [-0.15, -0.1) is 0 Å². The number of ether oxygens (including phenoxy) is 1. The van der Waals surface area contributed by atoms with Gasteiger partial charge in [-0.25, -0.2) is 4.79 Å². The van der Waals surface area contributed by atoms with Crippen LogP contribution in [0.3, 0.4) is 0 Å². The SMILES string of the molecule is C=C(C)C(=O)OCCC[Si](OCC)(OCC)OCC. The molecule has 0 radical (unpaired) electrons. The Morgan fingerprint density at radius 1 is 1.05 bits per heavy atom. The van der Waals surface area contributed by atoms with E-state index in [0.717, 1.165) is 0 Å². The molecule has 0 bridgehead atoms. The topological polar surface area (TPSA) is 54.0 Å². The van der Waals surface area contributed by atoms with E-state index in [-0.39, 0.29) is 5.97 Å². The van der Waals surface area contributed by atoms with Crippen molar-refractivity contribution < 1.29 is 22.8 Å². The summed E-state index contributed by atoms with van der Waals surface area (Å²) in [6, 6.07) is 0.645. The number of esters is 1. The Bertz CT molecular complexity index is 263. The van der Waals surface area contributed by atoms with E-state index < -0.39 is 8.80 Å². The third-order valence-electron chi connectivity index (χ3n) is 2.30. The number of carbonyl (C=O) groups is 1. The molecule has 0 aliphatic heterocycles. The van der Waals surface area contributed by atoms with Gasteiger partial charge in [0.2, 0.25) is 0 Å². The molecular formula is C13H26O5Si. The van der Waals surface area contributed by atoms with Crippen LogP contribution in [-0.2, 0) is 22.8 Å². The lowest BCUT2D eigenvalue weighted by atomic mass is 10.4. The second-order valence-electron chi connectivity index (χ2n) is 4.00. The van der Waals surface area contributed by atoms with Gasteiger partial charge in [-0.1, -0.05) is 6.58 Å². The van der Waals surface area contributed by atoms with Gasteiger partial charge in [0.05, 0.1) is 6.61 Å². The molecule has 0 heterocycles. The molecule has 0 spiro atoms. The van der Waals surface area contributed by atoms with Gasteiger partial charge in [0.15, 0.2) is 0 Å². The van der Waals surface area contributed by atoms with Gasteiger partial charge in [0.1, 0.15) is 0 Å². The average Bonchev–Trinajstić information content (AvgIpc) is 2.35. The molecule has 19 heavy (non-hydrogen) atoms. The van der Waals surface area contributed by atoms with Crippen molar-refractivity contribution in [1.82, 2.24) is 0 Å². The van der Waals surface area contributed by atoms with Gasteiger partial charge in [-0.2, -0.15) is 0 Å². The molecule has 0 amide bonds. The van der Waals surface area contributed by atoms with Crippen molar-refractivity contribution in [3.63, 3.8) is 0 Å². The minimum Gasteiger partial charge on any atom is -0.462 e. The van der Waals surface area contributed by atoms with Crippen molar-refractivity contribution in [3.8, 4) is 0 Å². The molecule has 6 heteroatoms. The van der Waals surface area contributed by atoms with E-state index in [4.69, 9.17) is 18.0 Å². The maximum atomic E-state index is 11.2. The van der Waals surface area contributed by atoms with Crippen LogP contribution in [0.25, 0.3) is 0 Å². The van der Waals surface area contributed by atoms with Crippen molar-refractivity contribution >= 4 is 14.8 Å². The van der Waals surface area contributed by atoms with Gasteiger partial charge in [0.25, 0.3) is 0 Å². The number of rotatable bonds is 11. The quantitative estimate of drug-likeness (QED) is 0.253. The molecule has 0 unspecified atom stereocenters. The van der Waals surface area contributed by atoms with E-state index in [9.17, 15) is 4.79 Å². The van der Waals surface area contributed by atoms with E-state index in [1.807, 2.05) is 20.8 Å². The van der Waals surface area contributed by atoms with Crippen molar-refractivity contribution in [1.29, 1.82) is 0 Å². The predicted molar refractivity (Wildman–Crippen MR) is 75.8 cm³/mol. The molecule has 0 aliphatic rings.